The van der Waals surface area contributed by atoms with Gasteiger partial charge in [0.1, 0.15) is 22.3 Å². The molecule has 0 atom stereocenters. The van der Waals surface area contributed by atoms with Gasteiger partial charge in [-0.2, -0.15) is 0 Å². The summed E-state index contributed by atoms with van der Waals surface area (Å²) in [5.41, 5.74) is 5.96. The second-order valence-corrected chi connectivity index (χ2v) is 5.69. The number of rotatable bonds is 4. The van der Waals surface area contributed by atoms with Gasteiger partial charge in [-0.1, -0.05) is 0 Å². The molecule has 0 bridgehead atoms. The Morgan fingerprint density at radius 3 is 2.95 bits per heavy atom. The predicted molar refractivity (Wildman–Crippen MR) is 80.2 cm³/mol. The van der Waals surface area contributed by atoms with Gasteiger partial charge in [-0.25, -0.2) is 15.0 Å². The lowest BCUT2D eigenvalue weighted by molar-refractivity contribution is 0.300. The first-order valence-electron chi connectivity index (χ1n) is 6.28. The molecule has 6 nitrogen and oxygen atoms in total. The minimum atomic E-state index is 0.552. The van der Waals surface area contributed by atoms with E-state index in [9.17, 15) is 0 Å². The number of thiophene rings is 1. The number of nitrogens with zero attached hydrogens (tertiary/aromatic N) is 5. The molecule has 0 spiro atoms. The van der Waals surface area contributed by atoms with Crippen molar-refractivity contribution >= 4 is 27.4 Å². The molecule has 0 aliphatic heterocycles. The molecule has 20 heavy (non-hydrogen) atoms. The van der Waals surface area contributed by atoms with E-state index < -0.39 is 0 Å². The molecule has 0 aliphatic carbocycles. The van der Waals surface area contributed by atoms with Crippen LogP contribution in [0.3, 0.4) is 0 Å². The van der Waals surface area contributed by atoms with E-state index >= 15 is 0 Å². The Bertz CT molecular complexity index is 731. The maximum Gasteiger partial charge on any atom is 0.146 e. The fourth-order valence-electron chi connectivity index (χ4n) is 2.08. The summed E-state index contributed by atoms with van der Waals surface area (Å²) in [5, 5.41) is 2.92. The molecule has 0 fully saturated rings. The second kappa shape index (κ2) is 5.18. The van der Waals surface area contributed by atoms with Gasteiger partial charge in [0, 0.05) is 19.4 Å². The van der Waals surface area contributed by atoms with Crippen molar-refractivity contribution in [3.63, 3.8) is 0 Å². The van der Waals surface area contributed by atoms with E-state index in [-0.39, 0.29) is 0 Å². The molecule has 0 aliphatic rings. The van der Waals surface area contributed by atoms with Crippen LogP contribution >= 0.6 is 11.3 Å². The Hall–Kier alpha value is -1.99. The number of hydrogen-bond donors (Lipinski definition) is 1. The van der Waals surface area contributed by atoms with E-state index in [4.69, 9.17) is 5.73 Å². The summed E-state index contributed by atoms with van der Waals surface area (Å²) in [4.78, 5) is 16.3. The lowest BCUT2D eigenvalue weighted by Gasteiger charge is -2.15. The van der Waals surface area contributed by atoms with E-state index in [1.807, 2.05) is 36.3 Å². The van der Waals surface area contributed by atoms with Crippen molar-refractivity contribution in [2.75, 3.05) is 12.8 Å². The molecule has 0 aromatic carbocycles. The standard InChI is InChI=1S/C13H16N6S/c1-18(8-11-15-4-5-19(11)2)7-10-16-12(14)9-3-6-20-13(9)17-10/h3-6H,7-8H2,1-2H3,(H2,14,16,17). The molecule has 3 aromatic heterocycles. The summed E-state index contributed by atoms with van der Waals surface area (Å²) in [7, 11) is 4.01. The zero-order valence-corrected chi connectivity index (χ0v) is 12.3. The van der Waals surface area contributed by atoms with Crippen LogP contribution in [0, 0.1) is 0 Å². The first kappa shape index (κ1) is 13.0. The zero-order chi connectivity index (χ0) is 14.1. The number of fused-ring (bicyclic) bond motifs is 1. The van der Waals surface area contributed by atoms with Crippen LogP contribution in [0.15, 0.2) is 23.8 Å². The van der Waals surface area contributed by atoms with Crippen LogP contribution in [0.1, 0.15) is 11.6 Å². The normalized spacial score (nSPS) is 11.6. The molecule has 0 amide bonds. The third-order valence-corrected chi connectivity index (χ3v) is 3.95. The second-order valence-electron chi connectivity index (χ2n) is 4.79. The Morgan fingerprint density at radius 2 is 2.20 bits per heavy atom. The van der Waals surface area contributed by atoms with Gasteiger partial charge < -0.3 is 10.3 Å². The van der Waals surface area contributed by atoms with Gasteiger partial charge in [0.2, 0.25) is 0 Å². The van der Waals surface area contributed by atoms with Gasteiger partial charge in [0.05, 0.1) is 18.5 Å². The summed E-state index contributed by atoms with van der Waals surface area (Å²) < 4.78 is 2.01. The molecule has 3 heterocycles. The van der Waals surface area contributed by atoms with Crippen molar-refractivity contribution in [3.05, 3.63) is 35.5 Å². The molecular formula is C13H16N6S. The van der Waals surface area contributed by atoms with Gasteiger partial charge in [0.15, 0.2) is 0 Å². The highest BCUT2D eigenvalue weighted by atomic mass is 32.1. The van der Waals surface area contributed by atoms with Crippen molar-refractivity contribution in [3.8, 4) is 0 Å². The lowest BCUT2D eigenvalue weighted by atomic mass is 10.3. The zero-order valence-electron chi connectivity index (χ0n) is 11.4. The number of aryl methyl sites for hydroxylation is 1. The predicted octanol–water partition coefficient (Wildman–Crippen LogP) is 1.64. The van der Waals surface area contributed by atoms with Gasteiger partial charge >= 0.3 is 0 Å². The average molecular weight is 288 g/mol. The highest BCUT2D eigenvalue weighted by Gasteiger charge is 2.10. The molecule has 0 unspecified atom stereocenters. The topological polar surface area (TPSA) is 72.9 Å². The van der Waals surface area contributed by atoms with E-state index in [1.165, 1.54) is 0 Å². The van der Waals surface area contributed by atoms with E-state index in [0.29, 0.717) is 12.4 Å². The van der Waals surface area contributed by atoms with Gasteiger partial charge in [-0.05, 0) is 18.5 Å². The third kappa shape index (κ3) is 2.50. The van der Waals surface area contributed by atoms with Crippen LogP contribution in [-0.2, 0) is 20.1 Å². The fraction of sp³-hybridized carbons (Fsp3) is 0.308. The smallest absolute Gasteiger partial charge is 0.146 e. The van der Waals surface area contributed by atoms with Crippen LogP contribution in [0.5, 0.6) is 0 Å². The monoisotopic (exact) mass is 288 g/mol. The van der Waals surface area contributed by atoms with Crippen molar-refractivity contribution in [1.29, 1.82) is 0 Å². The number of hydrogen-bond acceptors (Lipinski definition) is 6. The van der Waals surface area contributed by atoms with E-state index in [2.05, 4.69) is 19.9 Å². The summed E-state index contributed by atoms with van der Waals surface area (Å²) >= 11 is 1.58. The lowest BCUT2D eigenvalue weighted by Crippen LogP contribution is -2.21. The Labute approximate surface area is 120 Å². The number of imidazole rings is 1. The minimum Gasteiger partial charge on any atom is -0.383 e. The largest absolute Gasteiger partial charge is 0.383 e. The number of aromatic nitrogens is 4. The number of anilines is 1. The molecule has 3 aromatic rings. The maximum atomic E-state index is 5.96. The van der Waals surface area contributed by atoms with Crippen LogP contribution in [-0.4, -0.2) is 31.5 Å². The molecule has 7 heteroatoms. The Balaban J connectivity index is 1.77. The quantitative estimate of drug-likeness (QED) is 0.790. The first-order chi connectivity index (χ1) is 9.63. The number of nitrogen functional groups attached to an aromatic ring is 1. The maximum absolute atomic E-state index is 5.96. The van der Waals surface area contributed by atoms with Crippen molar-refractivity contribution in [2.45, 2.75) is 13.1 Å². The third-order valence-electron chi connectivity index (χ3n) is 3.14. The highest BCUT2D eigenvalue weighted by molar-refractivity contribution is 7.16. The van der Waals surface area contributed by atoms with Crippen molar-refractivity contribution in [2.24, 2.45) is 7.05 Å². The van der Waals surface area contributed by atoms with Crippen LogP contribution in [0.25, 0.3) is 10.2 Å². The SMILES string of the molecule is CN(Cc1nc(N)c2ccsc2n1)Cc1nccn1C. The highest BCUT2D eigenvalue weighted by Crippen LogP contribution is 2.23. The molecule has 0 saturated carbocycles. The Morgan fingerprint density at radius 1 is 1.35 bits per heavy atom. The van der Waals surface area contributed by atoms with E-state index in [1.54, 1.807) is 17.5 Å². The number of nitrogens with two attached hydrogens (primary N) is 1. The molecule has 3 rings (SSSR count). The van der Waals surface area contributed by atoms with Crippen molar-refractivity contribution in [1.82, 2.24) is 24.4 Å². The summed E-state index contributed by atoms with van der Waals surface area (Å²) in [6.45, 7) is 1.39. The fourth-order valence-corrected chi connectivity index (χ4v) is 2.87. The first-order valence-corrected chi connectivity index (χ1v) is 7.16. The average Bonchev–Trinajstić information content (AvgIpc) is 2.99. The summed E-state index contributed by atoms with van der Waals surface area (Å²) in [6, 6.07) is 1.96. The van der Waals surface area contributed by atoms with E-state index in [0.717, 1.165) is 28.4 Å². The van der Waals surface area contributed by atoms with Crippen LogP contribution in [0.4, 0.5) is 5.82 Å². The minimum absolute atomic E-state index is 0.552. The molecule has 2 N–H and O–H groups in total. The molecule has 0 saturated heterocycles. The van der Waals surface area contributed by atoms with Crippen LogP contribution < -0.4 is 5.73 Å². The van der Waals surface area contributed by atoms with Gasteiger partial charge in [0.25, 0.3) is 0 Å². The summed E-state index contributed by atoms with van der Waals surface area (Å²) in [6.07, 6.45) is 3.74. The van der Waals surface area contributed by atoms with Crippen molar-refractivity contribution < 1.29 is 0 Å². The Kier molecular flexibility index (Phi) is 3.37. The van der Waals surface area contributed by atoms with Crippen LogP contribution in [0.2, 0.25) is 0 Å². The summed E-state index contributed by atoms with van der Waals surface area (Å²) in [5.74, 6) is 2.31. The molecule has 0 radical (unpaired) electrons. The molecule has 104 valence electrons. The van der Waals surface area contributed by atoms with Gasteiger partial charge in [-0.3, -0.25) is 4.90 Å². The van der Waals surface area contributed by atoms with Gasteiger partial charge in [-0.15, -0.1) is 11.3 Å². The molecular weight excluding hydrogens is 272 g/mol.